The summed E-state index contributed by atoms with van der Waals surface area (Å²) in [5, 5.41) is 2.83. The second kappa shape index (κ2) is 5.96. The lowest BCUT2D eigenvalue weighted by atomic mass is 10.2. The average molecular weight is 155 g/mol. The lowest BCUT2D eigenvalue weighted by molar-refractivity contribution is -0.119. The molecule has 1 heterocycles. The molecule has 0 aromatic heterocycles. The van der Waals surface area contributed by atoms with Gasteiger partial charge in [0, 0.05) is 12.5 Å². The first-order valence-corrected chi connectivity index (χ1v) is 4.25. The van der Waals surface area contributed by atoms with Crippen molar-refractivity contribution in [2.45, 2.75) is 39.7 Å². The Morgan fingerprint density at radius 1 is 1.55 bits per heavy atom. The Hall–Kier alpha value is -0.790. The predicted molar refractivity (Wildman–Crippen MR) is 47.3 cm³/mol. The first-order chi connectivity index (χ1) is 5.33. The zero-order valence-corrected chi connectivity index (χ0v) is 7.55. The molecule has 64 valence electrons. The summed E-state index contributed by atoms with van der Waals surface area (Å²) in [5.74, 6) is 0.179. The van der Waals surface area contributed by atoms with Gasteiger partial charge in [0.15, 0.2) is 0 Å². The smallest absolute Gasteiger partial charge is 0.220 e. The second-order valence-electron chi connectivity index (χ2n) is 2.24. The molecule has 2 heteroatoms. The molecule has 0 aromatic rings. The minimum absolute atomic E-state index is 0.179. The topological polar surface area (TPSA) is 29.1 Å². The number of allylic oxidation sites excluding steroid dienone is 1. The zero-order chi connectivity index (χ0) is 8.69. The van der Waals surface area contributed by atoms with Crippen LogP contribution >= 0.6 is 0 Å². The van der Waals surface area contributed by atoms with Crippen molar-refractivity contribution in [2.24, 2.45) is 0 Å². The van der Waals surface area contributed by atoms with Gasteiger partial charge in [0.25, 0.3) is 0 Å². The monoisotopic (exact) mass is 155 g/mol. The van der Waals surface area contributed by atoms with Crippen LogP contribution in [0.2, 0.25) is 0 Å². The van der Waals surface area contributed by atoms with Crippen molar-refractivity contribution < 1.29 is 4.79 Å². The third kappa shape index (κ3) is 3.81. The fraction of sp³-hybridized carbons (Fsp3) is 0.667. The number of rotatable bonds is 1. The summed E-state index contributed by atoms with van der Waals surface area (Å²) >= 11 is 0. The molecule has 0 aliphatic carbocycles. The van der Waals surface area contributed by atoms with Gasteiger partial charge >= 0.3 is 0 Å². The van der Waals surface area contributed by atoms with Crippen molar-refractivity contribution >= 4 is 5.91 Å². The van der Waals surface area contributed by atoms with Gasteiger partial charge in [-0.2, -0.15) is 0 Å². The van der Waals surface area contributed by atoms with Crippen molar-refractivity contribution in [3.63, 3.8) is 0 Å². The van der Waals surface area contributed by atoms with E-state index in [1.54, 1.807) is 0 Å². The summed E-state index contributed by atoms with van der Waals surface area (Å²) in [6.45, 7) is 5.96. The fourth-order valence-electron chi connectivity index (χ4n) is 1.01. The largest absolute Gasteiger partial charge is 0.350 e. The van der Waals surface area contributed by atoms with Gasteiger partial charge < -0.3 is 5.32 Å². The molecule has 1 aliphatic heterocycles. The molecule has 11 heavy (non-hydrogen) atoms. The van der Waals surface area contributed by atoms with E-state index in [9.17, 15) is 4.79 Å². The SMILES string of the molecule is C/C=C/C1CCC(=O)N1.CC. The molecule has 0 spiro atoms. The Morgan fingerprint density at radius 2 is 2.18 bits per heavy atom. The van der Waals surface area contributed by atoms with Gasteiger partial charge in [-0.15, -0.1) is 0 Å². The van der Waals surface area contributed by atoms with E-state index in [4.69, 9.17) is 0 Å². The van der Waals surface area contributed by atoms with E-state index in [-0.39, 0.29) is 5.91 Å². The Bertz CT molecular complexity index is 140. The zero-order valence-electron chi connectivity index (χ0n) is 7.55. The average Bonchev–Trinajstić information content (AvgIpc) is 2.41. The Kier molecular flexibility index (Phi) is 5.53. The Morgan fingerprint density at radius 3 is 2.55 bits per heavy atom. The minimum atomic E-state index is 0.179. The molecule has 1 amide bonds. The number of carbonyl (C=O) groups excluding carboxylic acids is 1. The van der Waals surface area contributed by atoms with Crippen LogP contribution < -0.4 is 5.32 Å². The molecule has 0 saturated carbocycles. The van der Waals surface area contributed by atoms with E-state index in [0.717, 1.165) is 6.42 Å². The number of hydrogen-bond acceptors (Lipinski definition) is 1. The number of nitrogens with one attached hydrogen (secondary N) is 1. The number of amides is 1. The Balaban J connectivity index is 0.000000461. The number of hydrogen-bond donors (Lipinski definition) is 1. The Labute approximate surface area is 68.7 Å². The molecule has 1 rings (SSSR count). The summed E-state index contributed by atoms with van der Waals surface area (Å²) < 4.78 is 0. The minimum Gasteiger partial charge on any atom is -0.350 e. The molecule has 0 bridgehead atoms. The van der Waals surface area contributed by atoms with E-state index >= 15 is 0 Å². The molecule has 0 radical (unpaired) electrons. The lowest BCUT2D eigenvalue weighted by Gasteiger charge is -1.99. The van der Waals surface area contributed by atoms with Gasteiger partial charge in [0.1, 0.15) is 0 Å². The van der Waals surface area contributed by atoms with E-state index in [1.165, 1.54) is 0 Å². The summed E-state index contributed by atoms with van der Waals surface area (Å²) in [7, 11) is 0. The maximum absolute atomic E-state index is 10.6. The van der Waals surface area contributed by atoms with Crippen LogP contribution in [0.3, 0.4) is 0 Å². The first-order valence-electron chi connectivity index (χ1n) is 4.25. The molecular weight excluding hydrogens is 138 g/mol. The van der Waals surface area contributed by atoms with Crippen LogP contribution in [0.25, 0.3) is 0 Å². The van der Waals surface area contributed by atoms with Crippen molar-refractivity contribution in [1.82, 2.24) is 5.32 Å². The van der Waals surface area contributed by atoms with E-state index in [1.807, 2.05) is 32.9 Å². The third-order valence-electron chi connectivity index (χ3n) is 1.45. The van der Waals surface area contributed by atoms with E-state index < -0.39 is 0 Å². The first kappa shape index (κ1) is 10.2. The van der Waals surface area contributed by atoms with Crippen LogP contribution in [0.1, 0.15) is 33.6 Å². The molecule has 0 aromatic carbocycles. The van der Waals surface area contributed by atoms with Gasteiger partial charge in [-0.3, -0.25) is 4.79 Å². The normalized spacial score (nSPS) is 22.8. The van der Waals surface area contributed by atoms with Crippen molar-refractivity contribution in [3.05, 3.63) is 12.2 Å². The van der Waals surface area contributed by atoms with Crippen LogP contribution in [0.15, 0.2) is 12.2 Å². The summed E-state index contributed by atoms with van der Waals surface area (Å²) in [4.78, 5) is 10.6. The quantitative estimate of drug-likeness (QED) is 0.575. The lowest BCUT2D eigenvalue weighted by Crippen LogP contribution is -2.22. The molecule has 1 aliphatic rings. The molecule has 1 fully saturated rings. The van der Waals surface area contributed by atoms with Gasteiger partial charge in [0.05, 0.1) is 0 Å². The van der Waals surface area contributed by atoms with Gasteiger partial charge in [0.2, 0.25) is 5.91 Å². The molecule has 1 atom stereocenters. The summed E-state index contributed by atoms with van der Waals surface area (Å²) in [5.41, 5.74) is 0. The number of carbonyl (C=O) groups is 1. The third-order valence-corrected chi connectivity index (χ3v) is 1.45. The van der Waals surface area contributed by atoms with Gasteiger partial charge in [-0.25, -0.2) is 0 Å². The van der Waals surface area contributed by atoms with Gasteiger partial charge in [-0.05, 0) is 13.3 Å². The highest BCUT2D eigenvalue weighted by molar-refractivity contribution is 5.78. The van der Waals surface area contributed by atoms with Crippen LogP contribution in [0.4, 0.5) is 0 Å². The van der Waals surface area contributed by atoms with E-state index in [0.29, 0.717) is 12.5 Å². The fourth-order valence-corrected chi connectivity index (χ4v) is 1.01. The highest BCUT2D eigenvalue weighted by atomic mass is 16.1. The van der Waals surface area contributed by atoms with Crippen molar-refractivity contribution in [1.29, 1.82) is 0 Å². The molecule has 1 saturated heterocycles. The van der Waals surface area contributed by atoms with Gasteiger partial charge in [-0.1, -0.05) is 26.0 Å². The van der Waals surface area contributed by atoms with Crippen molar-refractivity contribution in [3.8, 4) is 0 Å². The standard InChI is InChI=1S/C7H11NO.C2H6/c1-2-3-6-4-5-7(9)8-6;1-2/h2-3,6H,4-5H2,1H3,(H,8,9);1-2H3/b3-2+;. The summed E-state index contributed by atoms with van der Waals surface area (Å²) in [6.07, 6.45) is 5.64. The maximum atomic E-state index is 10.6. The second-order valence-corrected chi connectivity index (χ2v) is 2.24. The van der Waals surface area contributed by atoms with E-state index in [2.05, 4.69) is 5.32 Å². The molecule has 1 unspecified atom stereocenters. The van der Waals surface area contributed by atoms with Crippen LogP contribution in [0, 0.1) is 0 Å². The molecule has 1 N–H and O–H groups in total. The van der Waals surface area contributed by atoms with Crippen molar-refractivity contribution in [2.75, 3.05) is 0 Å². The summed E-state index contributed by atoms with van der Waals surface area (Å²) in [6, 6.07) is 0.308. The maximum Gasteiger partial charge on any atom is 0.220 e. The van der Waals surface area contributed by atoms with Crippen LogP contribution in [-0.2, 0) is 4.79 Å². The highest BCUT2D eigenvalue weighted by Gasteiger charge is 2.16. The molecular formula is C9H17NO. The van der Waals surface area contributed by atoms with Crippen LogP contribution in [-0.4, -0.2) is 11.9 Å². The predicted octanol–water partition coefficient (Wildman–Crippen LogP) is 1.87. The molecule has 2 nitrogen and oxygen atoms in total. The highest BCUT2D eigenvalue weighted by Crippen LogP contribution is 2.06. The van der Waals surface area contributed by atoms with Crippen LogP contribution in [0.5, 0.6) is 0 Å².